The van der Waals surface area contributed by atoms with E-state index in [0.717, 1.165) is 12.1 Å². The molecule has 2 aromatic carbocycles. The van der Waals surface area contributed by atoms with Gasteiger partial charge in [0.05, 0.1) is 46.7 Å². The summed E-state index contributed by atoms with van der Waals surface area (Å²) < 4.78 is 46.5. The Hall–Kier alpha value is -3.05. The van der Waals surface area contributed by atoms with Crippen LogP contribution in [0.1, 0.15) is 43.3 Å². The highest BCUT2D eigenvalue weighted by Gasteiger charge is 2.41. The van der Waals surface area contributed by atoms with Crippen molar-refractivity contribution in [3.05, 3.63) is 63.4 Å². The summed E-state index contributed by atoms with van der Waals surface area (Å²) in [4.78, 5) is 17.3. The second-order valence-electron chi connectivity index (χ2n) is 8.20. The summed E-state index contributed by atoms with van der Waals surface area (Å²) in [5, 5.41) is 13.0. The number of nitrogens with zero attached hydrogens (tertiary/aromatic N) is 6. The van der Waals surface area contributed by atoms with Gasteiger partial charge in [0.1, 0.15) is 6.04 Å². The van der Waals surface area contributed by atoms with Crippen LogP contribution in [-0.4, -0.2) is 45.5 Å². The number of carbonyl (C=O) groups excluding carboxylic acids is 1. The molecule has 1 aromatic heterocycles. The van der Waals surface area contributed by atoms with Crippen LogP contribution in [0.5, 0.6) is 0 Å². The van der Waals surface area contributed by atoms with Crippen LogP contribution in [0.15, 0.2) is 36.4 Å². The Balaban J connectivity index is 1.96. The molecule has 1 aliphatic rings. The van der Waals surface area contributed by atoms with E-state index in [0.29, 0.717) is 17.0 Å². The van der Waals surface area contributed by atoms with Crippen LogP contribution >= 0.6 is 23.2 Å². The number of ether oxygens (including phenoxy) is 1. The number of aromatic nitrogens is 4. The maximum atomic E-state index is 13.8. The fraction of sp³-hybridized carbons (Fsp3) is 0.391. The molecule has 1 aliphatic heterocycles. The molecule has 0 saturated carbocycles. The van der Waals surface area contributed by atoms with Gasteiger partial charge in [0.15, 0.2) is 0 Å². The lowest BCUT2D eigenvalue weighted by Gasteiger charge is -2.45. The molecule has 0 bridgehead atoms. The summed E-state index contributed by atoms with van der Waals surface area (Å²) in [5.74, 6) is 0.249. The van der Waals surface area contributed by atoms with E-state index in [1.165, 1.54) is 15.8 Å². The number of carbonyl (C=O) groups is 1. The molecule has 8 nitrogen and oxygen atoms in total. The Labute approximate surface area is 215 Å². The fourth-order valence-corrected chi connectivity index (χ4v) is 4.60. The van der Waals surface area contributed by atoms with Crippen molar-refractivity contribution >= 4 is 40.7 Å². The first-order valence-electron chi connectivity index (χ1n) is 11.2. The van der Waals surface area contributed by atoms with Gasteiger partial charge in [-0.3, -0.25) is 4.90 Å². The lowest BCUT2D eigenvalue weighted by molar-refractivity contribution is -0.137. The van der Waals surface area contributed by atoms with Crippen molar-refractivity contribution in [3.8, 4) is 0 Å². The van der Waals surface area contributed by atoms with Crippen molar-refractivity contribution in [2.45, 2.75) is 38.5 Å². The van der Waals surface area contributed by atoms with E-state index in [4.69, 9.17) is 27.9 Å². The molecule has 0 fully saturated rings. The van der Waals surface area contributed by atoms with E-state index in [1.54, 1.807) is 37.1 Å². The SMILES string of the molecule is CCOC(=O)N1c2ccc(C(F)(F)F)cc2N([C@@H](c2ccc(Cl)c(Cl)c2)c2nnn(C)n2)C[C@H]1CC. The standard InChI is InChI=1S/C23H23Cl2F3N6O2/c1-4-15-12-33(20(21-29-31-32(3)30-21)13-6-8-16(24)17(25)10-13)19-11-14(23(26,27)28)7-9-18(19)34(15)22(35)36-5-2/h6-11,15,20H,4-5,12H2,1-3H3/t15-,20+/m1/s1. The van der Waals surface area contributed by atoms with Crippen molar-refractivity contribution in [3.63, 3.8) is 0 Å². The number of fused-ring (bicyclic) bond motifs is 1. The van der Waals surface area contributed by atoms with Gasteiger partial charge in [-0.25, -0.2) is 4.79 Å². The second kappa shape index (κ2) is 10.1. The van der Waals surface area contributed by atoms with Gasteiger partial charge in [0.25, 0.3) is 0 Å². The summed E-state index contributed by atoms with van der Waals surface area (Å²) in [7, 11) is 1.59. The highest BCUT2D eigenvalue weighted by Crippen LogP contribution is 2.45. The summed E-state index contributed by atoms with van der Waals surface area (Å²) in [6.45, 7) is 3.86. The quantitative estimate of drug-likeness (QED) is 0.400. The third-order valence-electron chi connectivity index (χ3n) is 5.92. The highest BCUT2D eigenvalue weighted by molar-refractivity contribution is 6.42. The molecule has 2 atom stereocenters. The molecule has 0 radical (unpaired) electrons. The first kappa shape index (κ1) is 26.0. The number of hydrogen-bond donors (Lipinski definition) is 0. The number of benzene rings is 2. The minimum Gasteiger partial charge on any atom is -0.449 e. The van der Waals surface area contributed by atoms with Gasteiger partial charge in [-0.1, -0.05) is 36.2 Å². The van der Waals surface area contributed by atoms with E-state index >= 15 is 0 Å². The Bertz CT molecular complexity index is 1270. The monoisotopic (exact) mass is 542 g/mol. The minimum absolute atomic E-state index is 0.126. The Kier molecular flexibility index (Phi) is 7.33. The minimum atomic E-state index is -4.60. The van der Waals surface area contributed by atoms with E-state index in [9.17, 15) is 18.0 Å². The zero-order valence-corrected chi connectivity index (χ0v) is 21.1. The number of hydrogen-bond acceptors (Lipinski definition) is 6. The van der Waals surface area contributed by atoms with Crippen LogP contribution in [-0.2, 0) is 18.0 Å². The van der Waals surface area contributed by atoms with Crippen LogP contribution in [0.4, 0.5) is 29.3 Å². The van der Waals surface area contributed by atoms with Crippen LogP contribution in [0.3, 0.4) is 0 Å². The van der Waals surface area contributed by atoms with Crippen molar-refractivity contribution in [1.82, 2.24) is 20.2 Å². The predicted molar refractivity (Wildman–Crippen MR) is 129 cm³/mol. The summed E-state index contributed by atoms with van der Waals surface area (Å²) in [5.41, 5.74) is 0.199. The van der Waals surface area contributed by atoms with E-state index < -0.39 is 29.9 Å². The van der Waals surface area contributed by atoms with Gasteiger partial charge in [-0.15, -0.1) is 10.2 Å². The van der Waals surface area contributed by atoms with E-state index in [2.05, 4.69) is 15.4 Å². The third kappa shape index (κ3) is 4.94. The molecule has 0 saturated heterocycles. The molecule has 36 heavy (non-hydrogen) atoms. The fourth-order valence-electron chi connectivity index (χ4n) is 4.29. The first-order valence-corrected chi connectivity index (χ1v) is 11.9. The molecule has 2 heterocycles. The van der Waals surface area contributed by atoms with Gasteiger partial charge in [0.2, 0.25) is 5.82 Å². The molecular formula is C23H23Cl2F3N6O2. The van der Waals surface area contributed by atoms with Gasteiger partial charge < -0.3 is 9.64 Å². The van der Waals surface area contributed by atoms with E-state index in [1.807, 2.05) is 6.92 Å². The molecule has 4 rings (SSSR count). The number of aryl methyl sites for hydroxylation is 1. The van der Waals surface area contributed by atoms with E-state index in [-0.39, 0.29) is 35.4 Å². The summed E-state index contributed by atoms with van der Waals surface area (Å²) in [6.07, 6.45) is -4.72. The van der Waals surface area contributed by atoms with Crippen LogP contribution in [0.2, 0.25) is 10.0 Å². The van der Waals surface area contributed by atoms with Gasteiger partial charge in [-0.2, -0.15) is 18.0 Å². The Morgan fingerprint density at radius 1 is 1.14 bits per heavy atom. The van der Waals surface area contributed by atoms with Crippen molar-refractivity contribution in [2.24, 2.45) is 7.05 Å². The maximum Gasteiger partial charge on any atom is 0.416 e. The number of anilines is 2. The Morgan fingerprint density at radius 2 is 1.89 bits per heavy atom. The molecule has 3 aromatic rings. The van der Waals surface area contributed by atoms with Crippen molar-refractivity contribution < 1.29 is 22.7 Å². The van der Waals surface area contributed by atoms with Gasteiger partial charge in [0, 0.05) is 6.54 Å². The molecule has 13 heteroatoms. The zero-order valence-electron chi connectivity index (χ0n) is 19.6. The lowest BCUT2D eigenvalue weighted by Crippen LogP contribution is -2.52. The second-order valence-corrected chi connectivity index (χ2v) is 9.01. The van der Waals surface area contributed by atoms with Crippen molar-refractivity contribution in [1.29, 1.82) is 0 Å². The first-order chi connectivity index (χ1) is 17.0. The average molecular weight is 543 g/mol. The van der Waals surface area contributed by atoms with Crippen LogP contribution in [0, 0.1) is 0 Å². The molecule has 0 N–H and O–H groups in total. The average Bonchev–Trinajstić information content (AvgIpc) is 3.25. The number of halogens is 5. The maximum absolute atomic E-state index is 13.8. The summed E-state index contributed by atoms with van der Waals surface area (Å²) in [6, 6.07) is 7.02. The molecule has 0 unspecified atom stereocenters. The number of tetrazole rings is 1. The number of alkyl halides is 3. The predicted octanol–water partition coefficient (Wildman–Crippen LogP) is 5.89. The zero-order chi connectivity index (χ0) is 26.2. The van der Waals surface area contributed by atoms with Gasteiger partial charge in [-0.05, 0) is 54.5 Å². The number of rotatable bonds is 5. The van der Waals surface area contributed by atoms with Crippen LogP contribution < -0.4 is 9.80 Å². The van der Waals surface area contributed by atoms with Crippen molar-refractivity contribution in [2.75, 3.05) is 23.0 Å². The summed E-state index contributed by atoms with van der Waals surface area (Å²) >= 11 is 12.4. The molecule has 192 valence electrons. The normalized spacial score (nSPS) is 16.6. The molecule has 0 spiro atoms. The number of amides is 1. The largest absolute Gasteiger partial charge is 0.449 e. The highest BCUT2D eigenvalue weighted by atomic mass is 35.5. The topological polar surface area (TPSA) is 76.4 Å². The van der Waals surface area contributed by atoms with Gasteiger partial charge >= 0.3 is 12.3 Å². The Morgan fingerprint density at radius 3 is 2.47 bits per heavy atom. The van der Waals surface area contributed by atoms with Crippen LogP contribution in [0.25, 0.3) is 0 Å². The lowest BCUT2D eigenvalue weighted by atomic mass is 9.97. The molecule has 0 aliphatic carbocycles. The smallest absolute Gasteiger partial charge is 0.416 e. The molecular weight excluding hydrogens is 520 g/mol. The third-order valence-corrected chi connectivity index (χ3v) is 6.66. The molecule has 1 amide bonds.